The van der Waals surface area contributed by atoms with E-state index in [0.717, 1.165) is 36.0 Å². The molecule has 4 aliphatic rings. The van der Waals surface area contributed by atoms with Crippen LogP contribution >= 0.6 is 0 Å². The molecule has 0 aliphatic heterocycles. The van der Waals surface area contributed by atoms with Crippen molar-refractivity contribution in [2.75, 3.05) is 0 Å². The summed E-state index contributed by atoms with van der Waals surface area (Å²) in [6, 6.07) is 0. The Kier molecular flexibility index (Phi) is 2.76. The first-order valence-corrected chi connectivity index (χ1v) is 8.55. The summed E-state index contributed by atoms with van der Waals surface area (Å²) >= 11 is 0. The highest BCUT2D eigenvalue weighted by Crippen LogP contribution is 2.62. The molecule has 3 fully saturated rings. The van der Waals surface area contributed by atoms with Crippen molar-refractivity contribution >= 4 is 0 Å². The maximum Gasteiger partial charge on any atom is 0.0885 e. The molecule has 5 unspecified atom stereocenters. The maximum atomic E-state index is 9.80. The lowest BCUT2D eigenvalue weighted by Gasteiger charge is -2.54. The summed E-state index contributed by atoms with van der Waals surface area (Å²) in [5, 5.41) is 9.80. The smallest absolute Gasteiger partial charge is 0.0885 e. The standard InChI is InChI=1S/C18H28O/c1-18-9-2-3-17(18)16-6-4-12-11-13(19)5-7-14(12)15(16)8-10-18/h5,12,14-17,19H,2-4,6-11H2,1H3/t12?,14?,15?,16?,17?,18-/m0/s1. The number of fused-ring (bicyclic) bond motifs is 5. The van der Waals surface area contributed by atoms with Gasteiger partial charge in [0.25, 0.3) is 0 Å². The Hall–Kier alpha value is -0.460. The van der Waals surface area contributed by atoms with Gasteiger partial charge in [-0.1, -0.05) is 13.3 Å². The molecule has 0 spiro atoms. The predicted octanol–water partition coefficient (Wildman–Crippen LogP) is 5.08. The minimum Gasteiger partial charge on any atom is -0.513 e. The molecule has 4 rings (SSSR count). The Morgan fingerprint density at radius 3 is 2.84 bits per heavy atom. The molecule has 0 amide bonds. The van der Waals surface area contributed by atoms with Crippen LogP contribution in [0.25, 0.3) is 0 Å². The second-order valence-corrected chi connectivity index (χ2v) is 8.16. The molecule has 3 saturated carbocycles. The molecule has 0 aromatic carbocycles. The van der Waals surface area contributed by atoms with Crippen molar-refractivity contribution in [3.05, 3.63) is 11.8 Å². The van der Waals surface area contributed by atoms with Crippen LogP contribution in [0.1, 0.15) is 64.7 Å². The summed E-state index contributed by atoms with van der Waals surface area (Å²) in [7, 11) is 0. The molecule has 0 aromatic heterocycles. The summed E-state index contributed by atoms with van der Waals surface area (Å²) in [6.07, 6.45) is 14.6. The van der Waals surface area contributed by atoms with Gasteiger partial charge in [-0.15, -0.1) is 0 Å². The molecule has 4 aliphatic carbocycles. The fraction of sp³-hybridized carbons (Fsp3) is 0.889. The average Bonchev–Trinajstić information content (AvgIpc) is 2.79. The van der Waals surface area contributed by atoms with E-state index in [1.165, 1.54) is 51.4 Å². The van der Waals surface area contributed by atoms with Gasteiger partial charge in [-0.3, -0.25) is 0 Å². The van der Waals surface area contributed by atoms with Gasteiger partial charge in [0.15, 0.2) is 0 Å². The van der Waals surface area contributed by atoms with E-state index in [-0.39, 0.29) is 0 Å². The van der Waals surface area contributed by atoms with Crippen molar-refractivity contribution in [2.45, 2.75) is 64.7 Å². The lowest BCUT2D eigenvalue weighted by molar-refractivity contribution is -0.0407. The summed E-state index contributed by atoms with van der Waals surface area (Å²) in [5.41, 5.74) is 0.695. The Balaban J connectivity index is 1.59. The zero-order valence-corrected chi connectivity index (χ0v) is 12.3. The van der Waals surface area contributed by atoms with Crippen LogP contribution in [-0.2, 0) is 0 Å². The van der Waals surface area contributed by atoms with Gasteiger partial charge < -0.3 is 5.11 Å². The number of hydrogen-bond donors (Lipinski definition) is 1. The Bertz CT molecular complexity index is 398. The van der Waals surface area contributed by atoms with E-state index in [4.69, 9.17) is 0 Å². The highest BCUT2D eigenvalue weighted by atomic mass is 16.3. The quantitative estimate of drug-likeness (QED) is 0.644. The molecule has 1 nitrogen and oxygen atoms in total. The zero-order valence-electron chi connectivity index (χ0n) is 12.3. The maximum absolute atomic E-state index is 9.80. The van der Waals surface area contributed by atoms with Crippen molar-refractivity contribution < 1.29 is 5.11 Å². The number of rotatable bonds is 0. The van der Waals surface area contributed by atoms with Crippen molar-refractivity contribution in [1.82, 2.24) is 0 Å². The lowest BCUT2D eigenvalue weighted by atomic mass is 9.51. The average molecular weight is 260 g/mol. The van der Waals surface area contributed by atoms with Crippen LogP contribution in [0.2, 0.25) is 0 Å². The summed E-state index contributed by atoms with van der Waals surface area (Å²) in [6.45, 7) is 2.58. The highest BCUT2D eigenvalue weighted by molar-refractivity contribution is 5.08. The topological polar surface area (TPSA) is 20.2 Å². The third-order valence-electron chi connectivity index (χ3n) is 7.40. The lowest BCUT2D eigenvalue weighted by Crippen LogP contribution is -2.46. The third kappa shape index (κ3) is 1.80. The van der Waals surface area contributed by atoms with E-state index in [9.17, 15) is 5.11 Å². The van der Waals surface area contributed by atoms with Crippen LogP contribution in [0, 0.1) is 35.0 Å². The molecule has 0 aromatic rings. The zero-order chi connectivity index (χ0) is 13.0. The minimum absolute atomic E-state index is 0.682. The first-order valence-electron chi connectivity index (χ1n) is 8.55. The van der Waals surface area contributed by atoms with Crippen LogP contribution in [-0.4, -0.2) is 5.11 Å². The summed E-state index contributed by atoms with van der Waals surface area (Å²) < 4.78 is 0. The van der Waals surface area contributed by atoms with Crippen molar-refractivity contribution in [1.29, 1.82) is 0 Å². The molecule has 106 valence electrons. The van der Waals surface area contributed by atoms with Gasteiger partial charge in [-0.25, -0.2) is 0 Å². The molecule has 6 atom stereocenters. The van der Waals surface area contributed by atoms with Crippen LogP contribution in [0.15, 0.2) is 11.8 Å². The SMILES string of the molecule is C[C@@]12CCCC1C1CCC3CC(O)=CCC3C1CC2. The van der Waals surface area contributed by atoms with Crippen molar-refractivity contribution in [2.24, 2.45) is 35.0 Å². The molecule has 0 bridgehead atoms. The van der Waals surface area contributed by atoms with Crippen LogP contribution in [0.5, 0.6) is 0 Å². The number of hydrogen-bond acceptors (Lipinski definition) is 1. The largest absolute Gasteiger partial charge is 0.513 e. The Morgan fingerprint density at radius 2 is 1.95 bits per heavy atom. The van der Waals surface area contributed by atoms with Crippen molar-refractivity contribution in [3.63, 3.8) is 0 Å². The summed E-state index contributed by atoms with van der Waals surface area (Å²) in [4.78, 5) is 0. The molecule has 0 heterocycles. The van der Waals surface area contributed by atoms with Gasteiger partial charge in [0.1, 0.15) is 0 Å². The molecular formula is C18H28O. The molecule has 0 radical (unpaired) electrons. The first-order chi connectivity index (χ1) is 9.17. The van der Waals surface area contributed by atoms with E-state index in [1.807, 2.05) is 0 Å². The van der Waals surface area contributed by atoms with E-state index in [0.29, 0.717) is 11.2 Å². The fourth-order valence-corrected chi connectivity index (χ4v) is 6.47. The normalized spacial score (nSPS) is 52.9. The van der Waals surface area contributed by atoms with E-state index >= 15 is 0 Å². The predicted molar refractivity (Wildman–Crippen MR) is 77.8 cm³/mol. The second-order valence-electron chi connectivity index (χ2n) is 8.16. The van der Waals surface area contributed by atoms with Gasteiger partial charge >= 0.3 is 0 Å². The molecule has 19 heavy (non-hydrogen) atoms. The monoisotopic (exact) mass is 260 g/mol. The minimum atomic E-state index is 0.682. The first kappa shape index (κ1) is 12.3. The Labute approximate surface area is 117 Å². The van der Waals surface area contributed by atoms with Gasteiger partial charge in [0.05, 0.1) is 5.76 Å². The van der Waals surface area contributed by atoms with E-state index in [1.54, 1.807) is 0 Å². The fourth-order valence-electron chi connectivity index (χ4n) is 6.47. The van der Waals surface area contributed by atoms with Gasteiger partial charge in [0.2, 0.25) is 0 Å². The van der Waals surface area contributed by atoms with E-state index < -0.39 is 0 Å². The Morgan fingerprint density at radius 1 is 1.05 bits per heavy atom. The highest BCUT2D eigenvalue weighted by Gasteiger charge is 2.52. The van der Waals surface area contributed by atoms with Crippen LogP contribution in [0.4, 0.5) is 0 Å². The van der Waals surface area contributed by atoms with Gasteiger partial charge in [0, 0.05) is 6.42 Å². The second kappa shape index (κ2) is 4.27. The number of allylic oxidation sites excluding steroid dienone is 2. The molecule has 1 N–H and O–H groups in total. The van der Waals surface area contributed by atoms with Gasteiger partial charge in [-0.2, -0.15) is 0 Å². The van der Waals surface area contributed by atoms with Crippen LogP contribution in [0.3, 0.4) is 0 Å². The molecular weight excluding hydrogens is 232 g/mol. The molecule has 0 saturated heterocycles. The van der Waals surface area contributed by atoms with Gasteiger partial charge in [-0.05, 0) is 86.0 Å². The third-order valence-corrected chi connectivity index (χ3v) is 7.40. The van der Waals surface area contributed by atoms with Crippen LogP contribution < -0.4 is 0 Å². The summed E-state index contributed by atoms with van der Waals surface area (Å²) in [5.74, 6) is 5.43. The molecule has 1 heteroatoms. The number of aliphatic hydroxyl groups excluding tert-OH is 1. The van der Waals surface area contributed by atoms with Crippen molar-refractivity contribution in [3.8, 4) is 0 Å². The van der Waals surface area contributed by atoms with E-state index in [2.05, 4.69) is 13.0 Å². The number of aliphatic hydroxyl groups is 1.